The zero-order valence-corrected chi connectivity index (χ0v) is 12.3. The highest BCUT2D eigenvalue weighted by atomic mass is 32.1. The first-order valence-electron chi connectivity index (χ1n) is 5.82. The number of thiazole rings is 2. The quantitative estimate of drug-likeness (QED) is 0.857. The molecule has 2 heterocycles. The molecule has 0 atom stereocenters. The number of anilines is 1. The number of aromatic nitrogens is 2. The second kappa shape index (κ2) is 5.66. The molecule has 5 nitrogen and oxygen atoms in total. The van der Waals surface area contributed by atoms with Crippen LogP contribution in [0, 0.1) is 0 Å². The zero-order chi connectivity index (χ0) is 13.9. The number of hydrogen-bond donors (Lipinski definition) is 2. The van der Waals surface area contributed by atoms with Crippen LogP contribution in [0.5, 0.6) is 0 Å². The SMILES string of the molecule is CC(C)(Nc1nc(CCC(=O)O)cs1)c1nccs1. The van der Waals surface area contributed by atoms with Gasteiger partial charge in [-0.05, 0) is 13.8 Å². The predicted octanol–water partition coefficient (Wildman–Crippen LogP) is 2.96. The third-order valence-electron chi connectivity index (χ3n) is 2.53. The summed E-state index contributed by atoms with van der Waals surface area (Å²) in [6.07, 6.45) is 2.35. The van der Waals surface area contributed by atoms with E-state index in [-0.39, 0.29) is 12.0 Å². The third-order valence-corrected chi connectivity index (χ3v) is 4.44. The maximum atomic E-state index is 10.5. The molecule has 0 spiro atoms. The Bertz CT molecular complexity index is 549. The average Bonchev–Trinajstić information content (AvgIpc) is 2.96. The fourth-order valence-electron chi connectivity index (χ4n) is 1.57. The summed E-state index contributed by atoms with van der Waals surface area (Å²) in [6, 6.07) is 0. The van der Waals surface area contributed by atoms with Gasteiger partial charge < -0.3 is 10.4 Å². The number of hydrogen-bond acceptors (Lipinski definition) is 6. The summed E-state index contributed by atoms with van der Waals surface area (Å²) in [5, 5.41) is 17.6. The number of carboxylic acid groups (broad SMARTS) is 1. The molecule has 0 saturated heterocycles. The second-order valence-electron chi connectivity index (χ2n) is 4.62. The van der Waals surface area contributed by atoms with Crippen molar-refractivity contribution >= 4 is 33.8 Å². The number of nitrogens with one attached hydrogen (secondary N) is 1. The van der Waals surface area contributed by atoms with Gasteiger partial charge in [-0.15, -0.1) is 22.7 Å². The molecule has 0 aromatic carbocycles. The van der Waals surface area contributed by atoms with Gasteiger partial charge in [-0.3, -0.25) is 4.79 Å². The van der Waals surface area contributed by atoms with Gasteiger partial charge in [0.1, 0.15) is 5.01 Å². The topological polar surface area (TPSA) is 75.1 Å². The lowest BCUT2D eigenvalue weighted by Gasteiger charge is -2.23. The van der Waals surface area contributed by atoms with Crippen LogP contribution in [0.4, 0.5) is 5.13 Å². The molecule has 0 aliphatic heterocycles. The molecule has 2 aromatic rings. The minimum atomic E-state index is -0.800. The van der Waals surface area contributed by atoms with Crippen LogP contribution in [0.1, 0.15) is 31.0 Å². The van der Waals surface area contributed by atoms with Crippen LogP contribution < -0.4 is 5.32 Å². The summed E-state index contributed by atoms with van der Waals surface area (Å²) in [6.45, 7) is 4.09. The van der Waals surface area contributed by atoms with E-state index in [9.17, 15) is 4.79 Å². The Labute approximate surface area is 119 Å². The molecule has 0 bridgehead atoms. The van der Waals surface area contributed by atoms with Gasteiger partial charge in [-0.25, -0.2) is 9.97 Å². The molecule has 2 rings (SSSR count). The van der Waals surface area contributed by atoms with Gasteiger partial charge in [-0.1, -0.05) is 0 Å². The first kappa shape index (κ1) is 14.0. The maximum Gasteiger partial charge on any atom is 0.303 e. The van der Waals surface area contributed by atoms with Crippen LogP contribution in [-0.4, -0.2) is 21.0 Å². The van der Waals surface area contributed by atoms with Crippen LogP contribution in [0.25, 0.3) is 0 Å². The number of carbonyl (C=O) groups is 1. The van der Waals surface area contributed by atoms with E-state index < -0.39 is 5.97 Å². The molecule has 0 aliphatic rings. The minimum absolute atomic E-state index is 0.110. The molecule has 0 unspecified atom stereocenters. The van der Waals surface area contributed by atoms with Gasteiger partial charge in [0.15, 0.2) is 5.13 Å². The Morgan fingerprint density at radius 3 is 2.89 bits per heavy atom. The molecular weight excluding hydrogens is 282 g/mol. The Balaban J connectivity index is 2.01. The number of aliphatic carboxylic acids is 1. The van der Waals surface area contributed by atoms with Gasteiger partial charge >= 0.3 is 5.97 Å². The van der Waals surface area contributed by atoms with Gasteiger partial charge in [0.05, 0.1) is 17.7 Å². The molecule has 19 heavy (non-hydrogen) atoms. The number of rotatable bonds is 6. The summed E-state index contributed by atoms with van der Waals surface area (Å²) < 4.78 is 0. The molecule has 7 heteroatoms. The van der Waals surface area contributed by atoms with Crippen LogP contribution >= 0.6 is 22.7 Å². The fraction of sp³-hybridized carbons (Fsp3) is 0.417. The summed E-state index contributed by atoms with van der Waals surface area (Å²) in [7, 11) is 0. The Kier molecular flexibility index (Phi) is 4.16. The van der Waals surface area contributed by atoms with Gasteiger partial charge in [0.2, 0.25) is 0 Å². The molecule has 0 aliphatic carbocycles. The Hall–Kier alpha value is -1.47. The Morgan fingerprint density at radius 2 is 2.26 bits per heavy atom. The van der Waals surface area contributed by atoms with Gasteiger partial charge in [0, 0.05) is 23.4 Å². The smallest absolute Gasteiger partial charge is 0.303 e. The molecule has 0 saturated carbocycles. The standard InChI is InChI=1S/C12H15N3O2S2/c1-12(2,10-13-5-6-18-10)15-11-14-8(7-19-11)3-4-9(16)17/h5-7H,3-4H2,1-2H3,(H,14,15)(H,16,17). The lowest BCUT2D eigenvalue weighted by atomic mass is 10.1. The predicted molar refractivity (Wildman–Crippen MR) is 76.8 cm³/mol. The summed E-state index contributed by atoms with van der Waals surface area (Å²) >= 11 is 3.08. The molecule has 2 aromatic heterocycles. The first-order chi connectivity index (χ1) is 8.97. The van der Waals surface area contributed by atoms with Crippen LogP contribution in [0.2, 0.25) is 0 Å². The van der Waals surface area contributed by atoms with Crippen molar-refractivity contribution in [2.75, 3.05) is 5.32 Å². The molecule has 102 valence electrons. The first-order valence-corrected chi connectivity index (χ1v) is 7.57. The summed E-state index contributed by atoms with van der Waals surface area (Å²) in [5.74, 6) is -0.800. The van der Waals surface area contributed by atoms with Crippen molar-refractivity contribution < 1.29 is 9.90 Å². The summed E-state index contributed by atoms with van der Waals surface area (Å²) in [5.41, 5.74) is 0.528. The van der Waals surface area contributed by atoms with Crippen molar-refractivity contribution in [3.05, 3.63) is 27.7 Å². The van der Waals surface area contributed by atoms with Crippen molar-refractivity contribution in [1.29, 1.82) is 0 Å². The van der Waals surface area contributed by atoms with Crippen LogP contribution in [0.3, 0.4) is 0 Å². The van der Waals surface area contributed by atoms with E-state index in [1.54, 1.807) is 17.5 Å². The number of aryl methyl sites for hydroxylation is 1. The van der Waals surface area contributed by atoms with Gasteiger partial charge in [-0.2, -0.15) is 0 Å². The highest BCUT2D eigenvalue weighted by molar-refractivity contribution is 7.13. The zero-order valence-electron chi connectivity index (χ0n) is 10.7. The van der Waals surface area contributed by atoms with E-state index in [1.165, 1.54) is 11.3 Å². The van der Waals surface area contributed by atoms with Gasteiger partial charge in [0.25, 0.3) is 0 Å². The number of carboxylic acids is 1. The van der Waals surface area contributed by atoms with Crippen molar-refractivity contribution in [3.8, 4) is 0 Å². The van der Waals surface area contributed by atoms with E-state index in [2.05, 4.69) is 15.3 Å². The maximum absolute atomic E-state index is 10.5. The lowest BCUT2D eigenvalue weighted by molar-refractivity contribution is -0.136. The van der Waals surface area contributed by atoms with E-state index in [0.29, 0.717) is 6.42 Å². The molecule has 0 fully saturated rings. The van der Waals surface area contributed by atoms with Crippen LogP contribution in [0.15, 0.2) is 17.0 Å². The molecule has 0 amide bonds. The average molecular weight is 297 g/mol. The molecule has 2 N–H and O–H groups in total. The molecule has 0 radical (unpaired) electrons. The Morgan fingerprint density at radius 1 is 1.47 bits per heavy atom. The van der Waals surface area contributed by atoms with E-state index >= 15 is 0 Å². The minimum Gasteiger partial charge on any atom is -0.481 e. The fourth-order valence-corrected chi connectivity index (χ4v) is 3.19. The monoisotopic (exact) mass is 297 g/mol. The normalized spacial score (nSPS) is 11.5. The van der Waals surface area contributed by atoms with Crippen LogP contribution in [-0.2, 0) is 16.8 Å². The molecular formula is C12H15N3O2S2. The van der Waals surface area contributed by atoms with E-state index in [1.807, 2.05) is 24.6 Å². The lowest BCUT2D eigenvalue weighted by Crippen LogP contribution is -2.27. The van der Waals surface area contributed by atoms with Crippen molar-refractivity contribution in [2.24, 2.45) is 0 Å². The van der Waals surface area contributed by atoms with Crippen molar-refractivity contribution in [1.82, 2.24) is 9.97 Å². The van der Waals surface area contributed by atoms with E-state index in [4.69, 9.17) is 5.11 Å². The largest absolute Gasteiger partial charge is 0.481 e. The van der Waals surface area contributed by atoms with E-state index in [0.717, 1.165) is 15.8 Å². The third kappa shape index (κ3) is 3.74. The van der Waals surface area contributed by atoms with Crippen molar-refractivity contribution in [2.45, 2.75) is 32.2 Å². The number of nitrogens with zero attached hydrogens (tertiary/aromatic N) is 2. The highest BCUT2D eigenvalue weighted by Crippen LogP contribution is 2.28. The van der Waals surface area contributed by atoms with Crippen molar-refractivity contribution in [3.63, 3.8) is 0 Å². The highest BCUT2D eigenvalue weighted by Gasteiger charge is 2.24. The summed E-state index contributed by atoms with van der Waals surface area (Å²) in [4.78, 5) is 19.2. The second-order valence-corrected chi connectivity index (χ2v) is 6.38.